The summed E-state index contributed by atoms with van der Waals surface area (Å²) in [5.74, 6) is -1.28. The van der Waals surface area contributed by atoms with Gasteiger partial charge in [0.25, 0.3) is 0 Å². The van der Waals surface area contributed by atoms with Crippen molar-refractivity contribution in [2.45, 2.75) is 91.4 Å². The van der Waals surface area contributed by atoms with Crippen LogP contribution in [0.1, 0.15) is 87.9 Å². The number of nitrogens with one attached hydrogen (secondary N) is 1. The van der Waals surface area contributed by atoms with Crippen molar-refractivity contribution in [1.29, 1.82) is 0 Å². The highest BCUT2D eigenvalue weighted by atomic mass is 19.1. The third-order valence-corrected chi connectivity index (χ3v) is 7.31. The van der Waals surface area contributed by atoms with Crippen molar-refractivity contribution in [2.75, 3.05) is 11.9 Å². The molecule has 1 aromatic heterocycles. The van der Waals surface area contributed by atoms with Gasteiger partial charge in [-0.05, 0) is 81.2 Å². The lowest BCUT2D eigenvalue weighted by atomic mass is 9.91. The first kappa shape index (κ1) is 36.3. The van der Waals surface area contributed by atoms with Gasteiger partial charge < -0.3 is 10.4 Å². The zero-order valence-corrected chi connectivity index (χ0v) is 27.6. The number of allylic oxidation sites excluding steroid dienone is 5. The number of aliphatic carboxylic acids is 1. The normalized spacial score (nSPS) is 11.8. The van der Waals surface area contributed by atoms with Gasteiger partial charge in [0, 0.05) is 36.8 Å². The van der Waals surface area contributed by atoms with Crippen molar-refractivity contribution in [3.05, 3.63) is 119 Å². The molecule has 0 unspecified atom stereocenters. The molecule has 44 heavy (non-hydrogen) atoms. The number of carboxylic acids is 1. The summed E-state index contributed by atoms with van der Waals surface area (Å²) in [6, 6.07) is 15.4. The number of rotatable bonds is 15. The Morgan fingerprint density at radius 2 is 1.75 bits per heavy atom. The van der Waals surface area contributed by atoms with Crippen LogP contribution in [0, 0.1) is 12.7 Å². The summed E-state index contributed by atoms with van der Waals surface area (Å²) in [4.78, 5) is 10.5. The van der Waals surface area contributed by atoms with Crippen molar-refractivity contribution in [1.82, 2.24) is 9.78 Å². The van der Waals surface area contributed by atoms with Gasteiger partial charge in [0.05, 0.1) is 5.69 Å². The number of carboxylic acid groups (broad SMARTS) is 1. The maximum atomic E-state index is 13.9. The topological polar surface area (TPSA) is 67.2 Å². The second-order valence-corrected chi connectivity index (χ2v) is 12.2. The molecule has 2 N–H and O–H groups in total. The molecule has 3 rings (SSSR count). The molecular formula is C38H52FN3O2. The third kappa shape index (κ3) is 13.6. The maximum absolute atomic E-state index is 13.9. The van der Waals surface area contributed by atoms with E-state index in [4.69, 9.17) is 5.11 Å². The van der Waals surface area contributed by atoms with E-state index in [-0.39, 0.29) is 24.1 Å². The number of halogens is 1. The lowest BCUT2D eigenvalue weighted by Crippen LogP contribution is -2.16. The average Bonchev–Trinajstić information content (AvgIpc) is 3.36. The fourth-order valence-corrected chi connectivity index (χ4v) is 4.86. The summed E-state index contributed by atoms with van der Waals surface area (Å²) in [7, 11) is 2.04. The van der Waals surface area contributed by atoms with Crippen molar-refractivity contribution in [3.8, 4) is 0 Å². The molecule has 0 saturated heterocycles. The molecule has 0 bridgehead atoms. The van der Waals surface area contributed by atoms with E-state index in [1.165, 1.54) is 34.2 Å². The van der Waals surface area contributed by atoms with E-state index in [2.05, 4.69) is 100 Å². The van der Waals surface area contributed by atoms with Crippen LogP contribution in [0.2, 0.25) is 0 Å². The van der Waals surface area contributed by atoms with Gasteiger partial charge in [-0.25, -0.2) is 4.39 Å². The largest absolute Gasteiger partial charge is 0.481 e. The van der Waals surface area contributed by atoms with Gasteiger partial charge in [-0.1, -0.05) is 100 Å². The van der Waals surface area contributed by atoms with Gasteiger partial charge in [-0.3, -0.25) is 9.48 Å². The first-order valence-corrected chi connectivity index (χ1v) is 15.7. The van der Waals surface area contributed by atoms with Crippen LogP contribution in [0.4, 0.5) is 10.1 Å². The van der Waals surface area contributed by atoms with Crippen LogP contribution in [-0.2, 0) is 36.5 Å². The second kappa shape index (κ2) is 18.7. The van der Waals surface area contributed by atoms with E-state index in [1.54, 1.807) is 12.1 Å². The summed E-state index contributed by atoms with van der Waals surface area (Å²) in [6.07, 6.45) is 15.0. The van der Waals surface area contributed by atoms with E-state index in [9.17, 15) is 9.18 Å². The highest BCUT2D eigenvalue weighted by Gasteiger charge is 2.19. The molecule has 0 aliphatic carbocycles. The summed E-state index contributed by atoms with van der Waals surface area (Å²) in [5, 5.41) is 16.5. The predicted molar refractivity (Wildman–Crippen MR) is 183 cm³/mol. The quantitative estimate of drug-likeness (QED) is 0.135. The number of nitrogens with zero attached hydrogens (tertiary/aromatic N) is 2. The minimum atomic E-state index is -0.917. The molecule has 0 aliphatic heterocycles. The monoisotopic (exact) mass is 601 g/mol. The van der Waals surface area contributed by atoms with Crippen molar-refractivity contribution in [2.24, 2.45) is 7.05 Å². The summed E-state index contributed by atoms with van der Waals surface area (Å²) in [6.45, 7) is 15.5. The maximum Gasteiger partial charge on any atom is 0.303 e. The zero-order valence-electron chi connectivity index (χ0n) is 27.6. The van der Waals surface area contributed by atoms with Crippen LogP contribution in [-0.4, -0.2) is 27.4 Å². The Kier molecular flexibility index (Phi) is 15.4. The molecule has 3 aromatic rings. The SMILES string of the molecule is C=C/C=C(\CC/C=C\CC)CCc1cc(C(C)(C)C)n(C)n1.Cc1ccc(CCNc2ccc(CCC(=O)O)c(F)c2)cc1. The van der Waals surface area contributed by atoms with Crippen LogP contribution in [0.25, 0.3) is 0 Å². The minimum absolute atomic E-state index is 0.0584. The van der Waals surface area contributed by atoms with Gasteiger partial charge in [-0.2, -0.15) is 5.10 Å². The van der Waals surface area contributed by atoms with E-state index >= 15 is 0 Å². The highest BCUT2D eigenvalue weighted by Crippen LogP contribution is 2.24. The predicted octanol–water partition coefficient (Wildman–Crippen LogP) is 9.31. The third-order valence-electron chi connectivity index (χ3n) is 7.31. The minimum Gasteiger partial charge on any atom is -0.481 e. The van der Waals surface area contributed by atoms with Crippen molar-refractivity contribution in [3.63, 3.8) is 0 Å². The Hall–Kier alpha value is -3.93. The van der Waals surface area contributed by atoms with E-state index in [0.717, 1.165) is 45.1 Å². The smallest absolute Gasteiger partial charge is 0.303 e. The number of aromatic nitrogens is 2. The lowest BCUT2D eigenvalue weighted by Gasteiger charge is -2.17. The fraction of sp³-hybridized carbons (Fsp3) is 0.421. The van der Waals surface area contributed by atoms with Gasteiger partial charge >= 0.3 is 5.97 Å². The van der Waals surface area contributed by atoms with Gasteiger partial charge in [0.15, 0.2) is 0 Å². The van der Waals surface area contributed by atoms with Crippen LogP contribution in [0.5, 0.6) is 0 Å². The highest BCUT2D eigenvalue weighted by molar-refractivity contribution is 5.67. The van der Waals surface area contributed by atoms with Crippen LogP contribution >= 0.6 is 0 Å². The number of hydrogen-bond acceptors (Lipinski definition) is 3. The van der Waals surface area contributed by atoms with Crippen LogP contribution < -0.4 is 5.32 Å². The Balaban J connectivity index is 0.000000307. The second-order valence-electron chi connectivity index (χ2n) is 12.2. The molecule has 0 saturated carbocycles. The van der Waals surface area contributed by atoms with Crippen LogP contribution in [0.3, 0.4) is 0 Å². The number of benzene rings is 2. The van der Waals surface area contributed by atoms with E-state index in [1.807, 2.05) is 17.8 Å². The van der Waals surface area contributed by atoms with Gasteiger partial charge in [0.2, 0.25) is 0 Å². The molecule has 5 nitrogen and oxygen atoms in total. The van der Waals surface area contributed by atoms with E-state index < -0.39 is 5.97 Å². The number of anilines is 1. The molecule has 0 amide bonds. The molecule has 0 atom stereocenters. The van der Waals surface area contributed by atoms with Crippen molar-refractivity contribution < 1.29 is 14.3 Å². The molecule has 238 valence electrons. The first-order chi connectivity index (χ1) is 20.9. The molecule has 0 aliphatic rings. The Morgan fingerprint density at radius 1 is 1.02 bits per heavy atom. The Morgan fingerprint density at radius 3 is 2.34 bits per heavy atom. The molecule has 6 heteroatoms. The molecule has 0 fully saturated rings. The molecule has 1 heterocycles. The number of aryl methyl sites for hydroxylation is 4. The zero-order chi connectivity index (χ0) is 32.5. The summed E-state index contributed by atoms with van der Waals surface area (Å²) < 4.78 is 15.9. The Bertz CT molecular complexity index is 1380. The van der Waals surface area contributed by atoms with E-state index in [0.29, 0.717) is 11.3 Å². The standard InChI is InChI=1S/C20H32N2.C18H20FNO2/c1-7-9-10-11-13-17(12-8-2)14-15-18-16-19(20(3,4)5)22(6)21-18;1-13-2-4-14(5-3-13)10-11-20-16-8-6-15(17(19)12-16)7-9-18(21)22/h8-10,12,16H,2,7,11,13-15H2,1,3-6H3;2-6,8,12,20H,7,9-11H2,1H3,(H,21,22)/b10-9-,17-12+;. The summed E-state index contributed by atoms with van der Waals surface area (Å²) >= 11 is 0. The first-order valence-electron chi connectivity index (χ1n) is 15.7. The number of carbonyl (C=O) groups is 1. The van der Waals surface area contributed by atoms with Crippen LogP contribution in [0.15, 0.2) is 85.0 Å². The lowest BCUT2D eigenvalue weighted by molar-refractivity contribution is -0.136. The number of hydrogen-bond donors (Lipinski definition) is 2. The van der Waals surface area contributed by atoms with Crippen molar-refractivity contribution >= 4 is 11.7 Å². The Labute approximate surface area is 264 Å². The van der Waals surface area contributed by atoms with Gasteiger partial charge in [-0.15, -0.1) is 0 Å². The molecule has 0 radical (unpaired) electrons. The molecule has 2 aromatic carbocycles. The van der Waals surface area contributed by atoms with Gasteiger partial charge in [0.1, 0.15) is 5.82 Å². The summed E-state index contributed by atoms with van der Waals surface area (Å²) in [5.41, 5.74) is 7.69. The fourth-order valence-electron chi connectivity index (χ4n) is 4.86. The molecular weight excluding hydrogens is 549 g/mol. The molecule has 0 spiro atoms. The average molecular weight is 602 g/mol.